The molecule has 2 N–H and O–H groups in total. The SMILES string of the molecule is C.C.C[Si](C)(CCCC(=O)O)O[Si](C)(C)CCCC(=O)O. The second-order valence-corrected chi connectivity index (χ2v) is 15.0. The second kappa shape index (κ2) is 11.0. The summed E-state index contributed by atoms with van der Waals surface area (Å²) in [6.45, 7) is 8.45. The van der Waals surface area contributed by atoms with Gasteiger partial charge >= 0.3 is 11.9 Å². The van der Waals surface area contributed by atoms with Crippen LogP contribution in [0.1, 0.15) is 40.5 Å². The highest BCUT2D eigenvalue weighted by Gasteiger charge is 2.32. The molecule has 0 spiro atoms. The molecule has 5 nitrogen and oxygen atoms in total. The van der Waals surface area contributed by atoms with Crippen LogP contribution in [0.25, 0.3) is 0 Å². The van der Waals surface area contributed by atoms with E-state index >= 15 is 0 Å². The summed E-state index contributed by atoms with van der Waals surface area (Å²) in [4.78, 5) is 21.0. The molecule has 0 heterocycles. The summed E-state index contributed by atoms with van der Waals surface area (Å²) in [7, 11) is -3.66. The van der Waals surface area contributed by atoms with Crippen molar-refractivity contribution in [2.75, 3.05) is 0 Å². The van der Waals surface area contributed by atoms with Crippen LogP contribution < -0.4 is 0 Å². The van der Waals surface area contributed by atoms with Crippen molar-refractivity contribution in [3.05, 3.63) is 0 Å². The highest BCUT2D eigenvalue weighted by Crippen LogP contribution is 2.24. The second-order valence-electron chi connectivity index (χ2n) is 6.12. The molecular formula is C14H34O5Si2. The number of hydrogen-bond acceptors (Lipinski definition) is 3. The van der Waals surface area contributed by atoms with Gasteiger partial charge in [0.15, 0.2) is 16.6 Å². The van der Waals surface area contributed by atoms with Crippen LogP contribution in [0.2, 0.25) is 38.3 Å². The molecule has 0 fully saturated rings. The highest BCUT2D eigenvalue weighted by atomic mass is 28.4. The number of rotatable bonds is 10. The molecule has 0 saturated heterocycles. The molecular weight excluding hydrogens is 304 g/mol. The van der Waals surface area contributed by atoms with Crippen LogP contribution in [0.4, 0.5) is 0 Å². The number of hydrogen-bond donors (Lipinski definition) is 2. The lowest BCUT2D eigenvalue weighted by Gasteiger charge is -2.34. The topological polar surface area (TPSA) is 83.8 Å². The van der Waals surface area contributed by atoms with Crippen molar-refractivity contribution in [2.45, 2.75) is 78.8 Å². The lowest BCUT2D eigenvalue weighted by Crippen LogP contribution is -2.44. The number of carboxylic acid groups (broad SMARTS) is 2. The predicted octanol–water partition coefficient (Wildman–Crippen LogP) is 4.42. The maximum atomic E-state index is 10.5. The number of carbonyl (C=O) groups is 2. The molecule has 7 heteroatoms. The van der Waals surface area contributed by atoms with Gasteiger partial charge in [-0.25, -0.2) is 0 Å². The fourth-order valence-electron chi connectivity index (χ4n) is 2.18. The van der Waals surface area contributed by atoms with Gasteiger partial charge in [-0.2, -0.15) is 0 Å². The van der Waals surface area contributed by atoms with E-state index in [0.29, 0.717) is 12.8 Å². The lowest BCUT2D eigenvalue weighted by atomic mass is 10.3. The molecule has 0 aromatic carbocycles. The van der Waals surface area contributed by atoms with Gasteiger partial charge in [0.1, 0.15) is 0 Å². The summed E-state index contributed by atoms with van der Waals surface area (Å²) in [5, 5.41) is 17.3. The van der Waals surface area contributed by atoms with Crippen LogP contribution >= 0.6 is 0 Å². The van der Waals surface area contributed by atoms with Crippen LogP contribution in [0.15, 0.2) is 0 Å². The van der Waals surface area contributed by atoms with Gasteiger partial charge < -0.3 is 14.3 Å². The minimum Gasteiger partial charge on any atom is -0.481 e. The predicted molar refractivity (Wildman–Crippen MR) is 92.9 cm³/mol. The standard InChI is InChI=1S/C12H26O5Si2.2CH4/c1-18(2,9-5-7-11(13)14)17-19(3,4)10-6-8-12(15)16;;/h5-10H2,1-4H3,(H,13,14)(H,15,16);2*1H4. The lowest BCUT2D eigenvalue weighted by molar-refractivity contribution is -0.138. The summed E-state index contributed by atoms with van der Waals surface area (Å²) < 4.78 is 6.28. The quantitative estimate of drug-likeness (QED) is 0.576. The van der Waals surface area contributed by atoms with Crippen LogP contribution in [0.3, 0.4) is 0 Å². The van der Waals surface area contributed by atoms with Gasteiger partial charge in [0.05, 0.1) is 0 Å². The van der Waals surface area contributed by atoms with Crippen molar-refractivity contribution in [3.8, 4) is 0 Å². The van der Waals surface area contributed by atoms with Crippen molar-refractivity contribution < 1.29 is 23.9 Å². The van der Waals surface area contributed by atoms with E-state index in [4.69, 9.17) is 14.3 Å². The van der Waals surface area contributed by atoms with Gasteiger partial charge in [0, 0.05) is 12.8 Å². The maximum absolute atomic E-state index is 10.5. The van der Waals surface area contributed by atoms with E-state index in [9.17, 15) is 9.59 Å². The van der Waals surface area contributed by atoms with E-state index in [2.05, 4.69) is 26.2 Å². The van der Waals surface area contributed by atoms with Crippen molar-refractivity contribution in [2.24, 2.45) is 0 Å². The third-order valence-electron chi connectivity index (χ3n) is 2.89. The zero-order chi connectivity index (χ0) is 15.1. The normalized spacial score (nSPS) is 11.2. The summed E-state index contributed by atoms with van der Waals surface area (Å²) >= 11 is 0. The molecule has 0 aliphatic carbocycles. The zero-order valence-electron chi connectivity index (χ0n) is 12.4. The molecule has 0 radical (unpaired) electrons. The van der Waals surface area contributed by atoms with E-state index < -0.39 is 28.6 Å². The third kappa shape index (κ3) is 15.5. The van der Waals surface area contributed by atoms with Gasteiger partial charge in [0.25, 0.3) is 0 Å². The Morgan fingerprint density at radius 1 is 0.810 bits per heavy atom. The first kappa shape index (κ1) is 25.3. The third-order valence-corrected chi connectivity index (χ3v) is 10.4. The van der Waals surface area contributed by atoms with E-state index in [1.807, 2.05) is 0 Å². The Hall–Kier alpha value is -0.666. The Balaban J connectivity index is -0.00000162. The molecule has 0 rings (SSSR count). The fraction of sp³-hybridized carbons (Fsp3) is 0.857. The van der Waals surface area contributed by atoms with Crippen LogP contribution in [0.5, 0.6) is 0 Å². The molecule has 128 valence electrons. The van der Waals surface area contributed by atoms with E-state index in [0.717, 1.165) is 12.1 Å². The van der Waals surface area contributed by atoms with Crippen LogP contribution in [0, 0.1) is 0 Å². The van der Waals surface area contributed by atoms with Crippen LogP contribution in [-0.4, -0.2) is 38.8 Å². The molecule has 21 heavy (non-hydrogen) atoms. The smallest absolute Gasteiger partial charge is 0.303 e. The molecule has 0 amide bonds. The minimum absolute atomic E-state index is 0. The van der Waals surface area contributed by atoms with Crippen molar-refractivity contribution >= 4 is 28.6 Å². The summed E-state index contributed by atoms with van der Waals surface area (Å²) in [6.07, 6.45) is 1.71. The Bertz CT molecular complexity index is 286. The highest BCUT2D eigenvalue weighted by molar-refractivity contribution is 6.84. The van der Waals surface area contributed by atoms with E-state index in [1.165, 1.54) is 0 Å². The zero-order valence-corrected chi connectivity index (χ0v) is 14.4. The number of aliphatic carboxylic acids is 2. The van der Waals surface area contributed by atoms with Crippen molar-refractivity contribution in [1.29, 1.82) is 0 Å². The van der Waals surface area contributed by atoms with Gasteiger partial charge in [-0.1, -0.05) is 14.9 Å². The average molecular weight is 339 g/mol. The molecule has 0 saturated carbocycles. The first-order valence-electron chi connectivity index (χ1n) is 6.68. The Morgan fingerprint density at radius 2 is 1.10 bits per heavy atom. The van der Waals surface area contributed by atoms with E-state index in [-0.39, 0.29) is 27.7 Å². The van der Waals surface area contributed by atoms with Gasteiger partial charge in [-0.3, -0.25) is 9.59 Å². The maximum Gasteiger partial charge on any atom is 0.303 e. The largest absolute Gasteiger partial charge is 0.481 e. The molecule has 0 aromatic heterocycles. The Kier molecular flexibility index (Phi) is 13.2. The van der Waals surface area contributed by atoms with Gasteiger partial charge in [-0.05, 0) is 51.1 Å². The van der Waals surface area contributed by atoms with E-state index in [1.54, 1.807) is 0 Å². The molecule has 0 aliphatic heterocycles. The Labute approximate surface area is 132 Å². The molecule has 0 bridgehead atoms. The fourth-order valence-corrected chi connectivity index (χ4v) is 11.0. The van der Waals surface area contributed by atoms with Crippen molar-refractivity contribution in [1.82, 2.24) is 0 Å². The van der Waals surface area contributed by atoms with Crippen LogP contribution in [-0.2, 0) is 13.7 Å². The first-order chi connectivity index (χ1) is 8.54. The van der Waals surface area contributed by atoms with Crippen molar-refractivity contribution in [3.63, 3.8) is 0 Å². The minimum atomic E-state index is -1.83. The Morgan fingerprint density at radius 3 is 1.33 bits per heavy atom. The monoisotopic (exact) mass is 338 g/mol. The molecule has 0 aromatic rings. The summed E-state index contributed by atoms with van der Waals surface area (Å²) in [5.41, 5.74) is 0. The summed E-state index contributed by atoms with van der Waals surface area (Å²) in [5.74, 6) is -1.52. The van der Waals surface area contributed by atoms with Gasteiger partial charge in [0.2, 0.25) is 0 Å². The molecule has 0 aliphatic rings. The van der Waals surface area contributed by atoms with Gasteiger partial charge in [-0.15, -0.1) is 0 Å². The average Bonchev–Trinajstić information content (AvgIpc) is 2.12. The first-order valence-corrected chi connectivity index (χ1v) is 12.9. The number of carboxylic acids is 2. The molecule has 0 unspecified atom stereocenters. The molecule has 0 atom stereocenters. The summed E-state index contributed by atoms with van der Waals surface area (Å²) in [6, 6.07) is 1.68.